The first-order chi connectivity index (χ1) is 11.3. The Kier molecular flexibility index (Phi) is 7.92. The van der Waals surface area contributed by atoms with Crippen LogP contribution < -0.4 is 10.5 Å². The van der Waals surface area contributed by atoms with Gasteiger partial charge in [0.05, 0.1) is 7.11 Å². The fraction of sp³-hybridized carbons (Fsp3) is 0.688. The van der Waals surface area contributed by atoms with Crippen molar-refractivity contribution < 1.29 is 22.4 Å². The van der Waals surface area contributed by atoms with Gasteiger partial charge in [-0.05, 0) is 32.6 Å². The third-order valence-electron chi connectivity index (χ3n) is 4.64. The normalized spacial score (nSPS) is 17.0. The summed E-state index contributed by atoms with van der Waals surface area (Å²) in [7, 11) is -2.73. The van der Waals surface area contributed by atoms with Crippen LogP contribution in [0.3, 0.4) is 0 Å². The van der Waals surface area contributed by atoms with Crippen molar-refractivity contribution in [1.82, 2.24) is 4.72 Å². The fourth-order valence-electron chi connectivity index (χ4n) is 3.46. The highest BCUT2D eigenvalue weighted by Gasteiger charge is 2.34. The molecule has 144 valence electrons. The lowest BCUT2D eigenvalue weighted by atomic mass is 9.84. The van der Waals surface area contributed by atoms with Crippen molar-refractivity contribution in [2.75, 3.05) is 13.7 Å². The monoisotopic (exact) mass is 394 g/mol. The third-order valence-corrected chi connectivity index (χ3v) is 6.28. The Morgan fingerprint density at radius 3 is 2.40 bits per heavy atom. The molecule has 1 fully saturated rings. The van der Waals surface area contributed by atoms with Crippen molar-refractivity contribution in [3.63, 3.8) is 0 Å². The molecule has 0 bridgehead atoms. The van der Waals surface area contributed by atoms with Gasteiger partial charge in [-0.2, -0.15) is 0 Å². The molecule has 1 aliphatic rings. The molecule has 25 heavy (non-hydrogen) atoms. The largest absolute Gasteiger partial charge is 0.465 e. The van der Waals surface area contributed by atoms with Crippen LogP contribution in [0.4, 0.5) is 0 Å². The van der Waals surface area contributed by atoms with E-state index in [0.717, 1.165) is 25.7 Å². The molecule has 1 aromatic rings. The number of carbonyl (C=O) groups is 1. The smallest absolute Gasteiger partial charge is 0.342 e. The third kappa shape index (κ3) is 4.75. The second-order valence-electron chi connectivity index (χ2n) is 6.27. The molecule has 0 saturated heterocycles. The second kappa shape index (κ2) is 9.02. The number of furan rings is 1. The number of nitrogens with two attached hydrogens (primary N) is 1. The summed E-state index contributed by atoms with van der Waals surface area (Å²) in [6.07, 6.45) is 5.25. The molecule has 1 atom stereocenters. The van der Waals surface area contributed by atoms with E-state index >= 15 is 0 Å². The van der Waals surface area contributed by atoms with E-state index in [4.69, 9.17) is 14.9 Å². The lowest BCUT2D eigenvalue weighted by Crippen LogP contribution is -2.46. The van der Waals surface area contributed by atoms with Gasteiger partial charge in [0.25, 0.3) is 0 Å². The molecule has 2 rings (SSSR count). The maximum absolute atomic E-state index is 12.9. The first kappa shape index (κ1) is 22.0. The van der Waals surface area contributed by atoms with Crippen molar-refractivity contribution in [1.29, 1.82) is 0 Å². The van der Waals surface area contributed by atoms with Gasteiger partial charge in [-0.15, -0.1) is 12.4 Å². The molecule has 1 saturated carbocycles. The number of methoxy groups -OCH3 is 1. The molecule has 1 aromatic heterocycles. The van der Waals surface area contributed by atoms with Gasteiger partial charge >= 0.3 is 5.97 Å². The zero-order chi connectivity index (χ0) is 17.9. The minimum absolute atomic E-state index is 0. The van der Waals surface area contributed by atoms with Crippen molar-refractivity contribution in [2.24, 2.45) is 11.7 Å². The summed E-state index contributed by atoms with van der Waals surface area (Å²) in [4.78, 5) is 11.8. The van der Waals surface area contributed by atoms with Gasteiger partial charge in [0, 0.05) is 12.6 Å². The highest BCUT2D eigenvalue weighted by Crippen LogP contribution is 2.30. The molecule has 1 unspecified atom stereocenters. The van der Waals surface area contributed by atoms with Gasteiger partial charge in [0.2, 0.25) is 10.0 Å². The van der Waals surface area contributed by atoms with E-state index in [-0.39, 0.29) is 52.9 Å². The summed E-state index contributed by atoms with van der Waals surface area (Å²) in [5, 5.41) is 0. The molecule has 0 aliphatic heterocycles. The Labute approximate surface area is 155 Å². The summed E-state index contributed by atoms with van der Waals surface area (Å²) in [5.74, 6) is -0.124. The van der Waals surface area contributed by atoms with Gasteiger partial charge < -0.3 is 14.9 Å². The highest BCUT2D eigenvalue weighted by molar-refractivity contribution is 7.89. The van der Waals surface area contributed by atoms with Gasteiger partial charge in [-0.3, -0.25) is 0 Å². The molecule has 0 amide bonds. The van der Waals surface area contributed by atoms with Crippen LogP contribution in [0, 0.1) is 19.8 Å². The minimum atomic E-state index is -3.94. The van der Waals surface area contributed by atoms with Crippen LogP contribution in [-0.2, 0) is 14.8 Å². The van der Waals surface area contributed by atoms with Crippen molar-refractivity contribution in [2.45, 2.75) is 56.9 Å². The number of hydrogen-bond acceptors (Lipinski definition) is 6. The molecule has 1 aliphatic carbocycles. The number of esters is 1. The van der Waals surface area contributed by atoms with Crippen molar-refractivity contribution >= 4 is 28.4 Å². The second-order valence-corrected chi connectivity index (χ2v) is 7.92. The number of carbonyl (C=O) groups excluding carboxylic acids is 1. The molecular weight excluding hydrogens is 368 g/mol. The van der Waals surface area contributed by atoms with Crippen LogP contribution in [0.25, 0.3) is 0 Å². The van der Waals surface area contributed by atoms with Crippen LogP contribution >= 0.6 is 12.4 Å². The Hall–Kier alpha value is -1.09. The maximum atomic E-state index is 12.9. The van der Waals surface area contributed by atoms with Crippen molar-refractivity contribution in [3.05, 3.63) is 17.1 Å². The molecule has 0 aromatic carbocycles. The first-order valence-electron chi connectivity index (χ1n) is 8.22. The Bertz CT molecular complexity index is 696. The van der Waals surface area contributed by atoms with Gasteiger partial charge in [-0.1, -0.05) is 19.3 Å². The number of aryl methyl sites for hydroxylation is 2. The number of nitrogens with one attached hydrogen (secondary N) is 1. The summed E-state index contributed by atoms with van der Waals surface area (Å²) in [6, 6.07) is -0.351. The molecule has 3 N–H and O–H groups in total. The van der Waals surface area contributed by atoms with Crippen LogP contribution in [0.2, 0.25) is 0 Å². The molecule has 7 nitrogen and oxygen atoms in total. The van der Waals surface area contributed by atoms with Crippen LogP contribution in [-0.4, -0.2) is 34.1 Å². The van der Waals surface area contributed by atoms with E-state index in [9.17, 15) is 13.2 Å². The van der Waals surface area contributed by atoms with Crippen molar-refractivity contribution in [3.8, 4) is 0 Å². The average molecular weight is 395 g/mol. The van der Waals surface area contributed by atoms with Crippen LogP contribution in [0.15, 0.2) is 9.31 Å². The molecule has 1 heterocycles. The fourth-order valence-corrected chi connectivity index (χ4v) is 5.18. The summed E-state index contributed by atoms with van der Waals surface area (Å²) < 4.78 is 38.5. The maximum Gasteiger partial charge on any atom is 0.342 e. The molecular formula is C16H27ClN2O5S. The average Bonchev–Trinajstić information content (AvgIpc) is 2.87. The minimum Gasteiger partial charge on any atom is -0.465 e. The van der Waals surface area contributed by atoms with Crippen LogP contribution in [0.1, 0.15) is 54.0 Å². The summed E-state index contributed by atoms with van der Waals surface area (Å²) >= 11 is 0. The van der Waals surface area contributed by atoms with E-state index in [1.54, 1.807) is 6.92 Å². The highest BCUT2D eigenvalue weighted by atomic mass is 35.5. The number of hydrogen-bond donors (Lipinski definition) is 2. The zero-order valence-electron chi connectivity index (χ0n) is 14.8. The number of halogens is 1. The van der Waals surface area contributed by atoms with Gasteiger partial charge in [0.15, 0.2) is 0 Å². The number of ether oxygens (including phenoxy) is 1. The predicted octanol–water partition coefficient (Wildman–Crippen LogP) is 2.29. The lowest BCUT2D eigenvalue weighted by Gasteiger charge is -2.29. The summed E-state index contributed by atoms with van der Waals surface area (Å²) in [6.45, 7) is 3.28. The Morgan fingerprint density at radius 1 is 1.28 bits per heavy atom. The van der Waals surface area contributed by atoms with Crippen LogP contribution in [0.5, 0.6) is 0 Å². The van der Waals surface area contributed by atoms with E-state index in [1.165, 1.54) is 20.5 Å². The number of sulfonamides is 1. The van der Waals surface area contributed by atoms with Gasteiger partial charge in [0.1, 0.15) is 22.0 Å². The van der Waals surface area contributed by atoms with E-state index in [1.807, 2.05) is 0 Å². The molecule has 9 heteroatoms. The van der Waals surface area contributed by atoms with E-state index < -0.39 is 16.0 Å². The standard InChI is InChI=1S/C16H26N2O5S.ClH/c1-10-14(16(19)22-3)15(11(2)23-10)24(20,21)18-13(9-17)12-7-5-4-6-8-12;/h12-13,18H,4-9,17H2,1-3H3;1H. The topological polar surface area (TPSA) is 112 Å². The molecule has 0 spiro atoms. The lowest BCUT2D eigenvalue weighted by molar-refractivity contribution is 0.0595. The Balaban J connectivity index is 0.00000312. The Morgan fingerprint density at radius 2 is 1.88 bits per heavy atom. The van der Waals surface area contributed by atoms with E-state index in [0.29, 0.717) is 0 Å². The van der Waals surface area contributed by atoms with Gasteiger partial charge in [-0.25, -0.2) is 17.9 Å². The zero-order valence-corrected chi connectivity index (χ0v) is 16.5. The number of rotatable bonds is 6. The predicted molar refractivity (Wildman–Crippen MR) is 96.5 cm³/mol. The summed E-state index contributed by atoms with van der Waals surface area (Å²) in [5.41, 5.74) is 5.76. The quantitative estimate of drug-likeness (QED) is 0.716. The van der Waals surface area contributed by atoms with E-state index in [2.05, 4.69) is 4.72 Å². The first-order valence-corrected chi connectivity index (χ1v) is 9.70. The SMILES string of the molecule is COC(=O)c1c(C)oc(C)c1S(=O)(=O)NC(CN)C1CCCCC1.Cl. The molecule has 0 radical (unpaired) electrons.